The molecule has 1 aromatic heterocycles. The Hall–Kier alpha value is -3.58. The molecule has 1 aliphatic heterocycles. The molecular weight excluding hydrogens is 362 g/mol. The Morgan fingerprint density at radius 1 is 1.39 bits per heavy atom. The summed E-state index contributed by atoms with van der Waals surface area (Å²) in [6.07, 6.45) is 2.44. The molecule has 0 spiro atoms. The van der Waals surface area contributed by atoms with Crippen LogP contribution in [0.5, 0.6) is 17.2 Å². The molecule has 0 bridgehead atoms. The summed E-state index contributed by atoms with van der Waals surface area (Å²) >= 11 is 0. The van der Waals surface area contributed by atoms with Crippen molar-refractivity contribution >= 4 is 17.6 Å². The number of phenols is 1. The first-order chi connectivity index (χ1) is 13.5. The SMILES string of the molecule is CC1[C@H](C(=O)N=[N+]=[N-])[C@H]1c1cc(Oc2ccnc3c2CCC(=O)N3)ccc1O. The van der Waals surface area contributed by atoms with E-state index < -0.39 is 11.8 Å². The number of rotatable bonds is 4. The molecule has 3 atom stereocenters. The van der Waals surface area contributed by atoms with Crippen LogP contribution >= 0.6 is 0 Å². The minimum absolute atomic E-state index is 0.0388. The van der Waals surface area contributed by atoms with E-state index in [1.165, 1.54) is 6.07 Å². The third-order valence-electron chi connectivity index (χ3n) is 5.27. The second-order valence-corrected chi connectivity index (χ2v) is 6.95. The van der Waals surface area contributed by atoms with E-state index >= 15 is 0 Å². The number of aromatic hydroxyl groups is 1. The largest absolute Gasteiger partial charge is 0.508 e. The van der Waals surface area contributed by atoms with Gasteiger partial charge in [-0.3, -0.25) is 9.59 Å². The van der Waals surface area contributed by atoms with E-state index in [9.17, 15) is 14.7 Å². The van der Waals surface area contributed by atoms with E-state index in [1.54, 1.807) is 24.4 Å². The topological polar surface area (TPSA) is 137 Å². The van der Waals surface area contributed by atoms with Gasteiger partial charge in [0, 0.05) is 40.5 Å². The van der Waals surface area contributed by atoms with Gasteiger partial charge in [0.05, 0.1) is 0 Å². The fourth-order valence-corrected chi connectivity index (χ4v) is 3.77. The number of pyridine rings is 1. The summed E-state index contributed by atoms with van der Waals surface area (Å²) in [5.74, 6) is 0.302. The van der Waals surface area contributed by atoms with Gasteiger partial charge in [-0.15, -0.1) is 0 Å². The molecule has 1 unspecified atom stereocenters. The third kappa shape index (κ3) is 3.12. The summed E-state index contributed by atoms with van der Waals surface area (Å²) in [7, 11) is 0. The number of nitrogens with one attached hydrogen (secondary N) is 1. The molecule has 142 valence electrons. The number of hydrogen-bond acceptors (Lipinski definition) is 5. The van der Waals surface area contributed by atoms with Crippen LogP contribution in [0, 0.1) is 11.8 Å². The van der Waals surface area contributed by atoms with Gasteiger partial charge in [0.15, 0.2) is 0 Å². The number of phenolic OH excluding ortho intramolecular Hbond substituents is 1. The lowest BCUT2D eigenvalue weighted by molar-refractivity contribution is -0.119. The molecule has 9 nitrogen and oxygen atoms in total. The molecule has 1 aromatic carbocycles. The van der Waals surface area contributed by atoms with Crippen molar-refractivity contribution in [2.24, 2.45) is 17.0 Å². The van der Waals surface area contributed by atoms with E-state index in [4.69, 9.17) is 10.3 Å². The number of fused-ring (bicyclic) bond motifs is 1. The molecule has 1 saturated carbocycles. The molecule has 2 heterocycles. The molecule has 4 rings (SSSR count). The van der Waals surface area contributed by atoms with Crippen LogP contribution in [0.1, 0.15) is 30.4 Å². The Morgan fingerprint density at radius 2 is 2.21 bits per heavy atom. The first kappa shape index (κ1) is 17.8. The van der Waals surface area contributed by atoms with Gasteiger partial charge in [-0.25, -0.2) is 4.98 Å². The Balaban J connectivity index is 1.61. The number of anilines is 1. The highest BCUT2D eigenvalue weighted by Crippen LogP contribution is 2.57. The summed E-state index contributed by atoms with van der Waals surface area (Å²) in [4.78, 5) is 30.2. The maximum absolute atomic E-state index is 11.9. The first-order valence-electron chi connectivity index (χ1n) is 8.87. The average molecular weight is 379 g/mol. The molecule has 1 fully saturated rings. The van der Waals surface area contributed by atoms with E-state index in [-0.39, 0.29) is 23.5 Å². The lowest BCUT2D eigenvalue weighted by Gasteiger charge is -2.19. The van der Waals surface area contributed by atoms with Crippen molar-refractivity contribution in [3.05, 3.63) is 52.0 Å². The normalized spacial score (nSPS) is 22.5. The fraction of sp³-hybridized carbons (Fsp3) is 0.316. The monoisotopic (exact) mass is 379 g/mol. The average Bonchev–Trinajstić information content (AvgIpc) is 3.34. The van der Waals surface area contributed by atoms with Gasteiger partial charge < -0.3 is 15.2 Å². The smallest absolute Gasteiger partial charge is 0.225 e. The van der Waals surface area contributed by atoms with Gasteiger partial charge in [0.1, 0.15) is 23.1 Å². The van der Waals surface area contributed by atoms with Crippen LogP contribution < -0.4 is 10.1 Å². The van der Waals surface area contributed by atoms with Crippen LogP contribution in [0.3, 0.4) is 0 Å². The van der Waals surface area contributed by atoms with Crippen LogP contribution in [0.4, 0.5) is 5.82 Å². The van der Waals surface area contributed by atoms with E-state index in [0.717, 1.165) is 5.56 Å². The van der Waals surface area contributed by atoms with Crippen LogP contribution in [0.2, 0.25) is 0 Å². The zero-order valence-corrected chi connectivity index (χ0v) is 15.0. The molecule has 2 aromatic rings. The molecule has 2 aliphatic rings. The number of carbonyl (C=O) groups excluding carboxylic acids is 2. The zero-order valence-electron chi connectivity index (χ0n) is 15.0. The van der Waals surface area contributed by atoms with Crippen molar-refractivity contribution in [1.82, 2.24) is 4.98 Å². The molecule has 0 radical (unpaired) electrons. The zero-order chi connectivity index (χ0) is 19.8. The van der Waals surface area contributed by atoms with Crippen LogP contribution in [-0.2, 0) is 16.0 Å². The molecule has 2 amide bonds. The molecule has 1 aliphatic carbocycles. The van der Waals surface area contributed by atoms with Crippen molar-refractivity contribution in [3.63, 3.8) is 0 Å². The van der Waals surface area contributed by atoms with Crippen molar-refractivity contribution in [2.75, 3.05) is 5.32 Å². The number of hydrogen-bond donors (Lipinski definition) is 2. The number of benzene rings is 1. The van der Waals surface area contributed by atoms with Gasteiger partial charge in [-0.05, 0) is 47.2 Å². The summed E-state index contributed by atoms with van der Waals surface area (Å²) in [6, 6.07) is 6.55. The molecule has 28 heavy (non-hydrogen) atoms. The highest BCUT2D eigenvalue weighted by molar-refractivity contribution is 5.93. The summed E-state index contributed by atoms with van der Waals surface area (Å²) < 4.78 is 5.99. The van der Waals surface area contributed by atoms with Gasteiger partial charge in [-0.1, -0.05) is 6.92 Å². The second kappa shape index (κ2) is 6.86. The number of ether oxygens (including phenoxy) is 1. The summed E-state index contributed by atoms with van der Waals surface area (Å²) in [5, 5.41) is 16.1. The Kier molecular flexibility index (Phi) is 4.37. The number of aromatic nitrogens is 1. The predicted octanol–water partition coefficient (Wildman–Crippen LogP) is 3.65. The highest BCUT2D eigenvalue weighted by atomic mass is 16.5. The maximum Gasteiger partial charge on any atom is 0.225 e. The van der Waals surface area contributed by atoms with Crippen molar-refractivity contribution in [1.29, 1.82) is 0 Å². The van der Waals surface area contributed by atoms with E-state index in [1.807, 2.05) is 6.92 Å². The number of nitrogens with zero attached hydrogens (tertiary/aromatic N) is 4. The number of amides is 2. The molecule has 2 N–H and O–H groups in total. The lowest BCUT2D eigenvalue weighted by Crippen LogP contribution is -2.20. The van der Waals surface area contributed by atoms with Crippen molar-refractivity contribution in [3.8, 4) is 17.2 Å². The lowest BCUT2D eigenvalue weighted by atomic mass is 10.1. The minimum Gasteiger partial charge on any atom is -0.508 e. The number of azide groups is 1. The molecular formula is C19H17N5O4. The van der Waals surface area contributed by atoms with Crippen molar-refractivity contribution < 1.29 is 19.4 Å². The fourth-order valence-electron chi connectivity index (χ4n) is 3.77. The summed E-state index contributed by atoms with van der Waals surface area (Å²) in [6.45, 7) is 1.87. The van der Waals surface area contributed by atoms with E-state index in [0.29, 0.717) is 35.7 Å². The number of carbonyl (C=O) groups is 2. The maximum atomic E-state index is 11.9. The Bertz CT molecular complexity index is 1030. The molecule has 0 saturated heterocycles. The summed E-state index contributed by atoms with van der Waals surface area (Å²) in [5.41, 5.74) is 9.86. The Morgan fingerprint density at radius 3 is 3.00 bits per heavy atom. The quantitative estimate of drug-likeness (QED) is 0.474. The Labute approximate surface area is 160 Å². The first-order valence-corrected chi connectivity index (χ1v) is 8.87. The highest BCUT2D eigenvalue weighted by Gasteiger charge is 2.52. The minimum atomic E-state index is -0.523. The van der Waals surface area contributed by atoms with Crippen LogP contribution in [0.25, 0.3) is 10.4 Å². The second-order valence-electron chi connectivity index (χ2n) is 6.95. The predicted molar refractivity (Wildman–Crippen MR) is 98.9 cm³/mol. The van der Waals surface area contributed by atoms with Crippen LogP contribution in [-0.4, -0.2) is 21.9 Å². The standard InChI is InChI=1S/C19H17N5O4/c1-9-16(17(9)19(27)23-24-20)12-8-10(2-4-13(12)25)28-14-6-7-21-18-11(14)3-5-15(26)22-18/h2,4,6-9,16-17,25H,3,5H2,1H3,(H,21,22,26)/t9?,16-,17+/m1/s1. The van der Waals surface area contributed by atoms with Crippen molar-refractivity contribution in [2.45, 2.75) is 25.7 Å². The van der Waals surface area contributed by atoms with E-state index in [2.05, 4.69) is 20.3 Å². The van der Waals surface area contributed by atoms with Gasteiger partial charge in [-0.2, -0.15) is 0 Å². The van der Waals surface area contributed by atoms with Gasteiger partial charge in [0.25, 0.3) is 0 Å². The third-order valence-corrected chi connectivity index (χ3v) is 5.27. The molecule has 9 heteroatoms. The van der Waals surface area contributed by atoms with Gasteiger partial charge in [0.2, 0.25) is 11.8 Å². The van der Waals surface area contributed by atoms with Gasteiger partial charge >= 0.3 is 0 Å². The van der Waals surface area contributed by atoms with Crippen LogP contribution in [0.15, 0.2) is 35.6 Å².